The van der Waals surface area contributed by atoms with Crippen LogP contribution in [-0.2, 0) is 10.2 Å². The van der Waals surface area contributed by atoms with E-state index in [2.05, 4.69) is 26.1 Å². The van der Waals surface area contributed by atoms with Gasteiger partial charge in [0, 0.05) is 24.6 Å². The van der Waals surface area contributed by atoms with Gasteiger partial charge in [0.25, 0.3) is 5.91 Å². The van der Waals surface area contributed by atoms with Crippen LogP contribution in [0.5, 0.6) is 0 Å². The summed E-state index contributed by atoms with van der Waals surface area (Å²) >= 11 is 0. The van der Waals surface area contributed by atoms with Crippen molar-refractivity contribution in [1.82, 2.24) is 10.2 Å². The number of hydrogen-bond acceptors (Lipinski definition) is 2. The normalized spacial score (nSPS) is 22.0. The van der Waals surface area contributed by atoms with Gasteiger partial charge in [0.05, 0.1) is 6.04 Å². The van der Waals surface area contributed by atoms with Crippen molar-refractivity contribution in [3.8, 4) is 0 Å². The minimum Gasteiger partial charge on any atom is -0.347 e. The van der Waals surface area contributed by atoms with E-state index in [1.54, 1.807) is 0 Å². The average Bonchev–Trinajstić information content (AvgIpc) is 3.22. The van der Waals surface area contributed by atoms with E-state index in [4.69, 9.17) is 0 Å². The van der Waals surface area contributed by atoms with Crippen molar-refractivity contribution < 1.29 is 9.59 Å². The van der Waals surface area contributed by atoms with Crippen LogP contribution in [-0.4, -0.2) is 35.3 Å². The topological polar surface area (TPSA) is 49.4 Å². The van der Waals surface area contributed by atoms with Crippen LogP contribution in [0.1, 0.15) is 56.0 Å². The van der Waals surface area contributed by atoms with Crippen molar-refractivity contribution in [3.05, 3.63) is 35.4 Å². The highest BCUT2D eigenvalue weighted by Crippen LogP contribution is 2.30. The molecule has 118 valence electrons. The number of likely N-dealkylation sites (tertiary alicyclic amines) is 1. The molecule has 1 saturated heterocycles. The Balaban J connectivity index is 1.61. The number of rotatable bonds is 3. The predicted molar refractivity (Wildman–Crippen MR) is 85.7 cm³/mol. The lowest BCUT2D eigenvalue weighted by molar-refractivity contribution is -0.128. The molecule has 2 aliphatic rings. The zero-order chi connectivity index (χ0) is 15.9. The Kier molecular flexibility index (Phi) is 3.71. The van der Waals surface area contributed by atoms with Gasteiger partial charge in [-0.05, 0) is 36.0 Å². The SMILES string of the molecule is CC(C)(C)c1ccc(C(=O)N[C@@H]2CC(=O)N(C3CC3)C2)cc1. The molecule has 0 radical (unpaired) electrons. The van der Waals surface area contributed by atoms with Gasteiger partial charge in [-0.2, -0.15) is 0 Å². The van der Waals surface area contributed by atoms with Crippen molar-refractivity contribution in [2.24, 2.45) is 0 Å². The summed E-state index contributed by atoms with van der Waals surface area (Å²) in [5.41, 5.74) is 1.95. The molecule has 22 heavy (non-hydrogen) atoms. The van der Waals surface area contributed by atoms with Gasteiger partial charge in [0.2, 0.25) is 5.91 Å². The summed E-state index contributed by atoms with van der Waals surface area (Å²) in [5, 5.41) is 2.99. The van der Waals surface area contributed by atoms with Gasteiger partial charge in [-0.3, -0.25) is 9.59 Å². The molecule has 1 saturated carbocycles. The lowest BCUT2D eigenvalue weighted by Gasteiger charge is -2.19. The fourth-order valence-corrected chi connectivity index (χ4v) is 2.96. The van der Waals surface area contributed by atoms with Crippen LogP contribution in [0.3, 0.4) is 0 Å². The highest BCUT2D eigenvalue weighted by atomic mass is 16.2. The smallest absolute Gasteiger partial charge is 0.251 e. The van der Waals surface area contributed by atoms with Gasteiger partial charge in [-0.15, -0.1) is 0 Å². The first-order chi connectivity index (χ1) is 10.3. The Morgan fingerprint density at radius 3 is 2.36 bits per heavy atom. The second kappa shape index (κ2) is 5.41. The van der Waals surface area contributed by atoms with E-state index in [1.165, 1.54) is 5.56 Å². The lowest BCUT2D eigenvalue weighted by atomic mass is 9.86. The molecule has 1 aliphatic heterocycles. The Hall–Kier alpha value is -1.84. The molecule has 1 atom stereocenters. The van der Waals surface area contributed by atoms with E-state index in [1.807, 2.05) is 29.2 Å². The Morgan fingerprint density at radius 2 is 1.82 bits per heavy atom. The van der Waals surface area contributed by atoms with Gasteiger partial charge < -0.3 is 10.2 Å². The number of nitrogens with one attached hydrogen (secondary N) is 1. The lowest BCUT2D eigenvalue weighted by Crippen LogP contribution is -2.37. The quantitative estimate of drug-likeness (QED) is 0.932. The van der Waals surface area contributed by atoms with Gasteiger partial charge in [0.15, 0.2) is 0 Å². The molecular formula is C18H24N2O2. The largest absolute Gasteiger partial charge is 0.347 e. The number of benzene rings is 1. The van der Waals surface area contributed by atoms with E-state index in [-0.39, 0.29) is 23.3 Å². The molecule has 1 aromatic rings. The fourth-order valence-electron chi connectivity index (χ4n) is 2.96. The minimum atomic E-state index is -0.0871. The van der Waals surface area contributed by atoms with Crippen LogP contribution in [0.25, 0.3) is 0 Å². The summed E-state index contributed by atoms with van der Waals surface area (Å²) in [7, 11) is 0. The molecule has 0 bridgehead atoms. The third-order valence-electron chi connectivity index (χ3n) is 4.49. The van der Waals surface area contributed by atoms with Gasteiger partial charge >= 0.3 is 0 Å². The summed E-state index contributed by atoms with van der Waals surface area (Å²) in [5.74, 6) is 0.0896. The van der Waals surface area contributed by atoms with Crippen molar-refractivity contribution in [3.63, 3.8) is 0 Å². The van der Waals surface area contributed by atoms with Gasteiger partial charge in [0.1, 0.15) is 0 Å². The minimum absolute atomic E-state index is 0.0529. The summed E-state index contributed by atoms with van der Waals surface area (Å²) in [6.45, 7) is 7.12. The highest BCUT2D eigenvalue weighted by molar-refractivity contribution is 5.95. The molecule has 3 rings (SSSR count). The van der Waals surface area contributed by atoms with E-state index >= 15 is 0 Å². The molecule has 1 heterocycles. The van der Waals surface area contributed by atoms with Crippen molar-refractivity contribution in [2.45, 2.75) is 57.5 Å². The Bertz CT molecular complexity index is 582. The predicted octanol–water partition coefficient (Wildman–Crippen LogP) is 2.48. The summed E-state index contributed by atoms with van der Waals surface area (Å²) < 4.78 is 0. The second-order valence-electron chi connectivity index (χ2n) is 7.48. The zero-order valence-corrected chi connectivity index (χ0v) is 13.6. The van der Waals surface area contributed by atoms with Crippen LogP contribution in [0, 0.1) is 0 Å². The summed E-state index contributed by atoms with van der Waals surface area (Å²) in [4.78, 5) is 26.2. The van der Waals surface area contributed by atoms with Crippen LogP contribution >= 0.6 is 0 Å². The van der Waals surface area contributed by atoms with Gasteiger partial charge in [-0.1, -0.05) is 32.9 Å². The van der Waals surface area contributed by atoms with Gasteiger partial charge in [-0.25, -0.2) is 0 Å². The third kappa shape index (κ3) is 3.16. The standard InChI is InChI=1S/C18H24N2O2/c1-18(2,3)13-6-4-12(5-7-13)17(22)19-14-10-16(21)20(11-14)15-8-9-15/h4-7,14-15H,8-11H2,1-3H3,(H,19,22)/t14-/m1/s1. The molecule has 1 aromatic carbocycles. The van der Waals surface area contributed by atoms with Crippen molar-refractivity contribution >= 4 is 11.8 Å². The summed E-state index contributed by atoms with van der Waals surface area (Å²) in [6.07, 6.45) is 2.66. The maximum atomic E-state index is 12.3. The van der Waals surface area contributed by atoms with Crippen molar-refractivity contribution in [2.75, 3.05) is 6.54 Å². The first-order valence-corrected chi connectivity index (χ1v) is 8.05. The number of amides is 2. The Morgan fingerprint density at radius 1 is 1.18 bits per heavy atom. The maximum absolute atomic E-state index is 12.3. The number of nitrogens with zero attached hydrogens (tertiary/aromatic N) is 1. The second-order valence-corrected chi connectivity index (χ2v) is 7.48. The van der Waals surface area contributed by atoms with Crippen LogP contribution in [0.4, 0.5) is 0 Å². The molecule has 1 aliphatic carbocycles. The van der Waals surface area contributed by atoms with E-state index in [9.17, 15) is 9.59 Å². The molecule has 2 amide bonds. The van der Waals surface area contributed by atoms with E-state index < -0.39 is 0 Å². The van der Waals surface area contributed by atoms with Crippen LogP contribution < -0.4 is 5.32 Å². The third-order valence-corrected chi connectivity index (χ3v) is 4.49. The first-order valence-electron chi connectivity index (χ1n) is 8.05. The molecule has 0 spiro atoms. The molecule has 2 fully saturated rings. The number of hydrogen-bond donors (Lipinski definition) is 1. The molecule has 1 N–H and O–H groups in total. The average molecular weight is 300 g/mol. The maximum Gasteiger partial charge on any atom is 0.251 e. The molecule has 4 nitrogen and oxygen atoms in total. The number of carbonyl (C=O) groups excluding carboxylic acids is 2. The van der Waals surface area contributed by atoms with Crippen LogP contribution in [0.15, 0.2) is 24.3 Å². The molecule has 0 aromatic heterocycles. The van der Waals surface area contributed by atoms with Crippen LogP contribution in [0.2, 0.25) is 0 Å². The molecule has 4 heteroatoms. The number of carbonyl (C=O) groups is 2. The first kappa shape index (κ1) is 15.1. The van der Waals surface area contributed by atoms with E-state index in [0.717, 1.165) is 12.8 Å². The fraction of sp³-hybridized carbons (Fsp3) is 0.556. The summed E-state index contributed by atoms with van der Waals surface area (Å²) in [6, 6.07) is 8.12. The Labute approximate surface area is 131 Å². The van der Waals surface area contributed by atoms with E-state index in [0.29, 0.717) is 24.6 Å². The highest BCUT2D eigenvalue weighted by Gasteiger charge is 2.39. The molecular weight excluding hydrogens is 276 g/mol. The van der Waals surface area contributed by atoms with Crippen molar-refractivity contribution in [1.29, 1.82) is 0 Å². The monoisotopic (exact) mass is 300 g/mol. The zero-order valence-electron chi connectivity index (χ0n) is 13.6. The molecule has 0 unspecified atom stereocenters.